The van der Waals surface area contributed by atoms with Crippen molar-refractivity contribution in [1.29, 1.82) is 0 Å². The zero-order valence-corrected chi connectivity index (χ0v) is 14.2. The van der Waals surface area contributed by atoms with E-state index in [0.29, 0.717) is 38.8 Å². The minimum atomic E-state index is -0.491. The minimum absolute atomic E-state index is 0.0193. The molecule has 4 aromatic rings. The number of nitrogens with zero attached hydrogens (tertiary/aromatic N) is 3. The molecular weight excluding hydrogens is 358 g/mol. The van der Waals surface area contributed by atoms with Gasteiger partial charge >= 0.3 is 0 Å². The lowest BCUT2D eigenvalue weighted by Gasteiger charge is -2.09. The Morgan fingerprint density at radius 1 is 1.35 bits per heavy atom. The maximum atomic E-state index is 12.6. The van der Waals surface area contributed by atoms with Crippen LogP contribution in [0.1, 0.15) is 10.6 Å². The summed E-state index contributed by atoms with van der Waals surface area (Å²) in [5.74, 6) is 0.113. The first-order valence-corrected chi connectivity index (χ1v) is 7.94. The van der Waals surface area contributed by atoms with Crippen molar-refractivity contribution in [3.63, 3.8) is 0 Å². The fourth-order valence-corrected chi connectivity index (χ4v) is 2.75. The lowest BCUT2D eigenvalue weighted by atomic mass is 10.1. The summed E-state index contributed by atoms with van der Waals surface area (Å²) in [5.41, 5.74) is 2.54. The molecule has 3 aromatic heterocycles. The number of hydrogen-bond acceptors (Lipinski definition) is 6. The number of aromatic nitrogens is 4. The summed E-state index contributed by atoms with van der Waals surface area (Å²) in [6, 6.07) is 8.59. The summed E-state index contributed by atoms with van der Waals surface area (Å²) in [7, 11) is 1.55. The number of rotatable bonds is 4. The molecule has 0 aliphatic carbocycles. The van der Waals surface area contributed by atoms with Gasteiger partial charge in [0.2, 0.25) is 0 Å². The molecule has 4 rings (SSSR count). The SMILES string of the molecule is COc1ccc(Cl)cc1-c1[nH]ncc1NC(=O)c1onc2cccnc12. The van der Waals surface area contributed by atoms with Crippen molar-refractivity contribution in [2.45, 2.75) is 0 Å². The van der Waals surface area contributed by atoms with Crippen LogP contribution < -0.4 is 10.1 Å². The van der Waals surface area contributed by atoms with E-state index in [0.717, 1.165) is 0 Å². The number of hydrogen-bond donors (Lipinski definition) is 2. The van der Waals surface area contributed by atoms with Crippen molar-refractivity contribution >= 4 is 34.2 Å². The molecule has 0 saturated carbocycles. The number of fused-ring (bicyclic) bond motifs is 1. The lowest BCUT2D eigenvalue weighted by Crippen LogP contribution is -2.12. The Balaban J connectivity index is 1.70. The summed E-state index contributed by atoms with van der Waals surface area (Å²) in [4.78, 5) is 16.7. The largest absolute Gasteiger partial charge is 0.496 e. The van der Waals surface area contributed by atoms with E-state index in [2.05, 4.69) is 25.7 Å². The molecule has 26 heavy (non-hydrogen) atoms. The third-order valence-corrected chi connectivity index (χ3v) is 4.00. The van der Waals surface area contributed by atoms with Crippen LogP contribution in [0.4, 0.5) is 5.69 Å². The van der Waals surface area contributed by atoms with Gasteiger partial charge in [-0.25, -0.2) is 0 Å². The van der Waals surface area contributed by atoms with Crippen molar-refractivity contribution in [2.24, 2.45) is 0 Å². The van der Waals surface area contributed by atoms with E-state index in [-0.39, 0.29) is 5.76 Å². The Hall–Kier alpha value is -3.39. The maximum absolute atomic E-state index is 12.6. The molecule has 1 amide bonds. The summed E-state index contributed by atoms with van der Waals surface area (Å²) < 4.78 is 10.5. The first kappa shape index (κ1) is 16.1. The maximum Gasteiger partial charge on any atom is 0.296 e. The minimum Gasteiger partial charge on any atom is -0.496 e. The Labute approximate surface area is 152 Å². The number of halogens is 1. The van der Waals surface area contributed by atoms with Gasteiger partial charge in [0, 0.05) is 16.8 Å². The van der Waals surface area contributed by atoms with Gasteiger partial charge in [-0.05, 0) is 30.3 Å². The van der Waals surface area contributed by atoms with Gasteiger partial charge < -0.3 is 14.6 Å². The third-order valence-electron chi connectivity index (χ3n) is 3.76. The van der Waals surface area contributed by atoms with Gasteiger partial charge in [-0.2, -0.15) is 5.10 Å². The van der Waals surface area contributed by atoms with E-state index in [1.165, 1.54) is 6.20 Å². The molecule has 0 atom stereocenters. The Morgan fingerprint density at radius 3 is 3.08 bits per heavy atom. The number of H-pyrrole nitrogens is 1. The fraction of sp³-hybridized carbons (Fsp3) is 0.0588. The zero-order chi connectivity index (χ0) is 18.1. The standard InChI is InChI=1S/C17H12ClN5O3/c1-25-13-5-4-9(18)7-10(13)14-12(8-20-22-14)21-17(24)16-15-11(23-26-16)3-2-6-19-15/h2-8H,1H3,(H,20,22)(H,21,24). The van der Waals surface area contributed by atoms with Crippen LogP contribution in [0, 0.1) is 0 Å². The van der Waals surface area contributed by atoms with Gasteiger partial charge in [0.1, 0.15) is 16.8 Å². The van der Waals surface area contributed by atoms with Gasteiger partial charge in [0.05, 0.1) is 24.7 Å². The molecule has 0 fully saturated rings. The van der Waals surface area contributed by atoms with Crippen LogP contribution in [0.5, 0.6) is 5.75 Å². The van der Waals surface area contributed by atoms with Crippen molar-refractivity contribution in [3.8, 4) is 17.0 Å². The first-order chi connectivity index (χ1) is 12.7. The van der Waals surface area contributed by atoms with E-state index in [9.17, 15) is 4.79 Å². The number of nitrogens with one attached hydrogen (secondary N) is 2. The van der Waals surface area contributed by atoms with Crippen LogP contribution >= 0.6 is 11.6 Å². The molecule has 0 unspecified atom stereocenters. The summed E-state index contributed by atoms with van der Waals surface area (Å²) in [6.07, 6.45) is 3.05. The molecule has 0 radical (unpaired) electrons. The van der Waals surface area contributed by atoms with Gasteiger partial charge in [-0.15, -0.1) is 0 Å². The van der Waals surface area contributed by atoms with E-state index in [1.807, 2.05) is 0 Å². The molecule has 0 saturated heterocycles. The predicted octanol–water partition coefficient (Wildman–Crippen LogP) is 3.53. The van der Waals surface area contributed by atoms with Crippen molar-refractivity contribution in [3.05, 3.63) is 53.5 Å². The second-order valence-electron chi connectivity index (χ2n) is 5.34. The molecular formula is C17H12ClN5O3. The Kier molecular flexibility index (Phi) is 4.02. The highest BCUT2D eigenvalue weighted by Gasteiger charge is 2.21. The van der Waals surface area contributed by atoms with Gasteiger partial charge in [0.15, 0.2) is 0 Å². The smallest absolute Gasteiger partial charge is 0.296 e. The molecule has 0 aliphatic rings. The fourth-order valence-electron chi connectivity index (χ4n) is 2.57. The van der Waals surface area contributed by atoms with Crippen LogP contribution in [-0.4, -0.2) is 33.4 Å². The van der Waals surface area contributed by atoms with Crippen LogP contribution in [0.2, 0.25) is 5.02 Å². The monoisotopic (exact) mass is 369 g/mol. The molecule has 2 N–H and O–H groups in total. The number of pyridine rings is 1. The van der Waals surface area contributed by atoms with Crippen LogP contribution in [0.3, 0.4) is 0 Å². The number of benzene rings is 1. The number of aromatic amines is 1. The molecule has 130 valence electrons. The molecule has 8 nitrogen and oxygen atoms in total. The summed E-state index contributed by atoms with van der Waals surface area (Å²) >= 11 is 6.09. The highest BCUT2D eigenvalue weighted by Crippen LogP contribution is 2.35. The highest BCUT2D eigenvalue weighted by atomic mass is 35.5. The van der Waals surface area contributed by atoms with Crippen molar-refractivity contribution in [1.82, 2.24) is 20.3 Å². The van der Waals surface area contributed by atoms with Gasteiger partial charge in [-0.1, -0.05) is 16.8 Å². The molecule has 1 aromatic carbocycles. The number of carbonyl (C=O) groups excluding carboxylic acids is 1. The van der Waals surface area contributed by atoms with E-state index in [1.54, 1.807) is 43.6 Å². The lowest BCUT2D eigenvalue weighted by molar-refractivity contribution is 0.0990. The number of ether oxygens (including phenoxy) is 1. The Bertz CT molecular complexity index is 1100. The zero-order valence-electron chi connectivity index (χ0n) is 13.5. The number of amides is 1. The quantitative estimate of drug-likeness (QED) is 0.570. The van der Waals surface area contributed by atoms with E-state index >= 15 is 0 Å². The average molecular weight is 370 g/mol. The second-order valence-corrected chi connectivity index (χ2v) is 5.78. The Morgan fingerprint density at radius 2 is 2.23 bits per heavy atom. The topological polar surface area (TPSA) is 106 Å². The predicted molar refractivity (Wildman–Crippen MR) is 95.3 cm³/mol. The molecule has 9 heteroatoms. The summed E-state index contributed by atoms with van der Waals surface area (Å²) in [5, 5.41) is 14.0. The first-order valence-electron chi connectivity index (χ1n) is 7.56. The van der Waals surface area contributed by atoms with E-state index in [4.69, 9.17) is 20.9 Å². The average Bonchev–Trinajstić information content (AvgIpc) is 3.28. The van der Waals surface area contributed by atoms with Gasteiger partial charge in [0.25, 0.3) is 11.7 Å². The molecule has 0 bridgehead atoms. The number of anilines is 1. The van der Waals surface area contributed by atoms with Crippen LogP contribution in [-0.2, 0) is 0 Å². The second kappa shape index (κ2) is 6.49. The molecule has 0 aliphatic heterocycles. The van der Waals surface area contributed by atoms with E-state index < -0.39 is 5.91 Å². The van der Waals surface area contributed by atoms with Crippen molar-refractivity contribution < 1.29 is 14.1 Å². The molecule has 3 heterocycles. The highest BCUT2D eigenvalue weighted by molar-refractivity contribution is 6.31. The molecule has 0 spiro atoms. The van der Waals surface area contributed by atoms with Gasteiger partial charge in [-0.3, -0.25) is 14.9 Å². The summed E-state index contributed by atoms with van der Waals surface area (Å²) in [6.45, 7) is 0. The van der Waals surface area contributed by atoms with Crippen molar-refractivity contribution in [2.75, 3.05) is 12.4 Å². The third kappa shape index (κ3) is 2.76. The number of methoxy groups -OCH3 is 1. The number of carbonyl (C=O) groups is 1. The normalized spacial score (nSPS) is 10.8. The van der Waals surface area contributed by atoms with Crippen LogP contribution in [0.25, 0.3) is 22.3 Å². The van der Waals surface area contributed by atoms with Crippen LogP contribution in [0.15, 0.2) is 47.2 Å².